The molecule has 0 saturated carbocycles. The van der Waals surface area contributed by atoms with Gasteiger partial charge in [0.25, 0.3) is 0 Å². The monoisotopic (exact) mass is 589 g/mol. The van der Waals surface area contributed by atoms with Crippen molar-refractivity contribution < 1.29 is 38.4 Å². The van der Waals surface area contributed by atoms with Crippen molar-refractivity contribution >= 4 is 23.0 Å². The quantitative estimate of drug-likeness (QED) is 0.446. The van der Waals surface area contributed by atoms with Crippen molar-refractivity contribution in [2.75, 3.05) is 40.4 Å². The van der Waals surface area contributed by atoms with Gasteiger partial charge in [-0.15, -0.1) is 0 Å². The van der Waals surface area contributed by atoms with Gasteiger partial charge in [-0.25, -0.2) is 9.69 Å². The summed E-state index contributed by atoms with van der Waals surface area (Å²) in [6.45, 7) is 1.48. The Kier molecular flexibility index (Phi) is 8.09. The van der Waals surface area contributed by atoms with Crippen LogP contribution in [0.3, 0.4) is 0 Å². The molecular weight excluding hydrogens is 554 g/mol. The van der Waals surface area contributed by atoms with Crippen LogP contribution in [0.1, 0.15) is 37.4 Å². The third kappa shape index (κ3) is 5.82. The molecule has 1 amide bonds. The molecule has 1 aliphatic carbocycles. The average Bonchev–Trinajstić information content (AvgIpc) is 3.38. The van der Waals surface area contributed by atoms with E-state index in [0.717, 1.165) is 34.9 Å². The zero-order valence-corrected chi connectivity index (χ0v) is 24.2. The van der Waals surface area contributed by atoms with Crippen molar-refractivity contribution in [2.24, 2.45) is 5.92 Å². The summed E-state index contributed by atoms with van der Waals surface area (Å²) < 4.78 is 28.1. The molecule has 2 fully saturated rings. The van der Waals surface area contributed by atoms with E-state index in [4.69, 9.17) is 23.7 Å². The fourth-order valence-electron chi connectivity index (χ4n) is 6.22. The lowest BCUT2D eigenvalue weighted by Crippen LogP contribution is -2.55. The Morgan fingerprint density at radius 2 is 2.14 bits per heavy atom. The molecule has 4 aliphatic rings. The van der Waals surface area contributed by atoms with Gasteiger partial charge < -0.3 is 28.8 Å². The fourth-order valence-corrected chi connectivity index (χ4v) is 6.22. The number of nitrogens with zero attached hydrogens (tertiary/aromatic N) is 3. The largest absolute Gasteiger partial charge is 0.497 e. The molecular formula is C32H35N3O8. The molecule has 43 heavy (non-hydrogen) atoms. The molecule has 1 aromatic carbocycles. The van der Waals surface area contributed by atoms with Gasteiger partial charge in [0.05, 0.1) is 38.8 Å². The van der Waals surface area contributed by atoms with Crippen LogP contribution in [-0.2, 0) is 23.7 Å². The Balaban J connectivity index is 1.18. The van der Waals surface area contributed by atoms with Gasteiger partial charge in [-0.1, -0.05) is 18.2 Å². The Morgan fingerprint density at radius 3 is 2.93 bits per heavy atom. The van der Waals surface area contributed by atoms with Crippen molar-refractivity contribution in [3.8, 4) is 5.75 Å². The summed E-state index contributed by atoms with van der Waals surface area (Å²) in [7, 11) is 2.94. The van der Waals surface area contributed by atoms with Crippen molar-refractivity contribution in [2.45, 2.75) is 37.4 Å². The number of esters is 1. The number of β-amino-alcohol motifs (C(OH)–C–C–N with tert-alkyl or cyclic N) is 1. The summed E-state index contributed by atoms with van der Waals surface area (Å²) in [5, 5.41) is 12.2. The SMILES string of the molecule is COC(=O)C[C@@H]1CN(C[C@H](O)c2ccnc3ccc(OC)cc23)CC[C@]12CN(C1=COC=C(C3=CC=CCC3)O1)C(=O)O2. The molecule has 6 rings (SSSR count). The average molecular weight is 590 g/mol. The number of piperidine rings is 1. The first-order chi connectivity index (χ1) is 20.9. The number of hydrogen-bond donors (Lipinski definition) is 1. The van der Waals surface area contributed by atoms with E-state index in [-0.39, 0.29) is 24.8 Å². The molecule has 11 heteroatoms. The van der Waals surface area contributed by atoms with Crippen molar-refractivity contribution in [1.29, 1.82) is 0 Å². The molecule has 2 saturated heterocycles. The number of carbonyl (C=O) groups is 2. The van der Waals surface area contributed by atoms with E-state index in [9.17, 15) is 14.7 Å². The van der Waals surface area contributed by atoms with Gasteiger partial charge in [-0.3, -0.25) is 14.7 Å². The number of allylic oxidation sites excluding steroid dienone is 4. The molecule has 1 N–H and O–H groups in total. The third-order valence-electron chi connectivity index (χ3n) is 8.58. The number of pyridine rings is 1. The number of carbonyl (C=O) groups excluding carboxylic acids is 2. The van der Waals surface area contributed by atoms with Crippen LogP contribution in [0, 0.1) is 5.92 Å². The van der Waals surface area contributed by atoms with E-state index in [2.05, 4.69) is 16.0 Å². The number of rotatable bonds is 8. The maximum Gasteiger partial charge on any atom is 0.417 e. The highest BCUT2D eigenvalue weighted by molar-refractivity contribution is 5.84. The van der Waals surface area contributed by atoms with E-state index < -0.39 is 23.8 Å². The third-order valence-corrected chi connectivity index (χ3v) is 8.58. The molecule has 11 nitrogen and oxygen atoms in total. The first kappa shape index (κ1) is 28.8. The number of aliphatic hydroxyl groups excluding tert-OH is 1. The molecule has 0 bridgehead atoms. The highest BCUT2D eigenvalue weighted by Gasteiger charge is 2.55. The van der Waals surface area contributed by atoms with E-state index in [1.54, 1.807) is 13.3 Å². The summed E-state index contributed by atoms with van der Waals surface area (Å²) in [5.74, 6) is 0.691. The van der Waals surface area contributed by atoms with Crippen LogP contribution >= 0.6 is 0 Å². The number of amides is 1. The highest BCUT2D eigenvalue weighted by atomic mass is 16.6. The minimum Gasteiger partial charge on any atom is -0.497 e. The number of ether oxygens (including phenoxy) is 5. The molecule has 0 unspecified atom stereocenters. The van der Waals surface area contributed by atoms with E-state index in [0.29, 0.717) is 37.6 Å². The number of methoxy groups -OCH3 is 2. The zero-order valence-electron chi connectivity index (χ0n) is 24.2. The van der Waals surface area contributed by atoms with Crippen molar-refractivity contribution in [3.05, 3.63) is 84.0 Å². The fraction of sp³-hybridized carbons (Fsp3) is 0.406. The number of hydrogen-bond acceptors (Lipinski definition) is 10. The summed E-state index contributed by atoms with van der Waals surface area (Å²) in [6, 6.07) is 7.37. The summed E-state index contributed by atoms with van der Waals surface area (Å²) in [6.07, 6.45) is 11.4. The van der Waals surface area contributed by atoms with Crippen LogP contribution in [0.5, 0.6) is 5.75 Å². The minimum atomic E-state index is -0.943. The van der Waals surface area contributed by atoms with Gasteiger partial charge in [-0.2, -0.15) is 0 Å². The molecule has 3 aliphatic heterocycles. The topological polar surface area (TPSA) is 120 Å². The first-order valence-corrected chi connectivity index (χ1v) is 14.4. The minimum absolute atomic E-state index is 0.0559. The highest BCUT2D eigenvalue weighted by Crippen LogP contribution is 2.42. The number of aromatic nitrogens is 1. The predicted molar refractivity (Wildman–Crippen MR) is 155 cm³/mol. The second kappa shape index (κ2) is 12.1. The zero-order chi connectivity index (χ0) is 30.0. The van der Waals surface area contributed by atoms with Crippen LogP contribution in [-0.4, -0.2) is 78.0 Å². The number of fused-ring (bicyclic) bond motifs is 1. The predicted octanol–water partition coefficient (Wildman–Crippen LogP) is 4.32. The maximum absolute atomic E-state index is 13.2. The van der Waals surface area contributed by atoms with Gasteiger partial charge >= 0.3 is 12.1 Å². The van der Waals surface area contributed by atoms with Gasteiger partial charge in [0.1, 0.15) is 17.6 Å². The van der Waals surface area contributed by atoms with Crippen LogP contribution in [0.4, 0.5) is 4.79 Å². The standard InChI is InChI=1S/C32H35N3O8/c1-39-23-8-9-26-25(15-23)24(10-12-33-26)27(36)17-34-13-11-32(22(16-34)14-30(37)40-2)20-35(31(38)43-32)29-19-41-18-28(42-29)21-6-4-3-5-7-21/h3-4,6,8-10,12,15,18-19,22,27,36H,5,7,11,13-14,16-17,20H2,1-2H3/t22-,27+,32+/m1/s1. The van der Waals surface area contributed by atoms with Crippen LogP contribution in [0.25, 0.3) is 10.9 Å². The Hall–Kier alpha value is -4.35. The summed E-state index contributed by atoms with van der Waals surface area (Å²) in [5.41, 5.74) is 1.53. The molecule has 1 aromatic heterocycles. The Morgan fingerprint density at radius 1 is 1.26 bits per heavy atom. The number of aliphatic hydroxyl groups is 1. The lowest BCUT2D eigenvalue weighted by Gasteiger charge is -2.44. The Bertz CT molecular complexity index is 1530. The van der Waals surface area contributed by atoms with Crippen LogP contribution in [0.2, 0.25) is 0 Å². The van der Waals surface area contributed by atoms with Crippen molar-refractivity contribution in [3.63, 3.8) is 0 Å². The molecule has 2 aromatic rings. The maximum atomic E-state index is 13.2. The smallest absolute Gasteiger partial charge is 0.417 e. The number of benzene rings is 1. The first-order valence-electron chi connectivity index (χ1n) is 14.4. The summed E-state index contributed by atoms with van der Waals surface area (Å²) >= 11 is 0. The van der Waals surface area contributed by atoms with Gasteiger partial charge in [-0.05, 0) is 48.2 Å². The van der Waals surface area contributed by atoms with Gasteiger partial charge in [0.15, 0.2) is 12.0 Å². The normalized spacial score (nSPS) is 24.4. The molecule has 3 atom stereocenters. The molecule has 0 radical (unpaired) electrons. The van der Waals surface area contributed by atoms with Gasteiger partial charge in [0, 0.05) is 43.6 Å². The van der Waals surface area contributed by atoms with Crippen LogP contribution < -0.4 is 4.74 Å². The molecule has 4 heterocycles. The van der Waals surface area contributed by atoms with Gasteiger partial charge in [0.2, 0.25) is 5.88 Å². The molecule has 1 spiro atoms. The lowest BCUT2D eigenvalue weighted by molar-refractivity contribution is -0.146. The number of likely N-dealkylation sites (tertiary alicyclic amines) is 1. The van der Waals surface area contributed by atoms with Crippen molar-refractivity contribution in [1.82, 2.24) is 14.8 Å². The van der Waals surface area contributed by atoms with Crippen LogP contribution in [0.15, 0.2) is 78.4 Å². The van der Waals surface area contributed by atoms with E-state index in [1.807, 2.05) is 36.4 Å². The lowest BCUT2D eigenvalue weighted by atomic mass is 9.78. The second-order valence-electron chi connectivity index (χ2n) is 11.1. The second-order valence-corrected chi connectivity index (χ2v) is 11.1. The van der Waals surface area contributed by atoms with E-state index in [1.165, 1.54) is 24.5 Å². The van der Waals surface area contributed by atoms with E-state index >= 15 is 0 Å². The summed E-state index contributed by atoms with van der Waals surface area (Å²) in [4.78, 5) is 33.7. The molecule has 226 valence electrons. The Labute approximate surface area is 249 Å².